The summed E-state index contributed by atoms with van der Waals surface area (Å²) < 4.78 is 2.41. The standard InChI is InChI=1S/C46H28N4S/c47-29-37-15-7-8-18-38(37)34-16-9-17-35(27-34)45-48-44(33-13-5-2-6-14-33)49-46(50-45)36-25-26-40-42(28-36)51-41-20-10-19-39(43(40)41)32-23-21-31(22-24-32)30-11-3-1-4-12-30/h1-28H. The van der Waals surface area contributed by atoms with Gasteiger partial charge in [-0.2, -0.15) is 5.26 Å². The summed E-state index contributed by atoms with van der Waals surface area (Å²) in [5, 5.41) is 12.2. The molecule has 9 rings (SSSR count). The summed E-state index contributed by atoms with van der Waals surface area (Å²) in [7, 11) is 0. The van der Waals surface area contributed by atoms with Crippen molar-refractivity contribution in [2.24, 2.45) is 0 Å². The molecule has 0 aliphatic carbocycles. The maximum atomic E-state index is 9.75. The zero-order valence-electron chi connectivity index (χ0n) is 27.4. The summed E-state index contributed by atoms with van der Waals surface area (Å²) >= 11 is 1.79. The molecule has 2 heterocycles. The number of nitrogens with zero attached hydrogens (tertiary/aromatic N) is 4. The first kappa shape index (κ1) is 30.3. The maximum absolute atomic E-state index is 9.75. The molecule has 0 bridgehead atoms. The highest BCUT2D eigenvalue weighted by Gasteiger charge is 2.16. The molecule has 5 heteroatoms. The van der Waals surface area contributed by atoms with E-state index in [-0.39, 0.29) is 0 Å². The van der Waals surface area contributed by atoms with Crippen molar-refractivity contribution in [2.45, 2.75) is 0 Å². The third kappa shape index (κ3) is 5.74. The number of fused-ring (bicyclic) bond motifs is 3. The van der Waals surface area contributed by atoms with Gasteiger partial charge in [0.15, 0.2) is 17.5 Å². The van der Waals surface area contributed by atoms with Gasteiger partial charge in [0.1, 0.15) is 0 Å². The van der Waals surface area contributed by atoms with Gasteiger partial charge in [0.25, 0.3) is 0 Å². The molecule has 0 aliphatic heterocycles. The molecule has 2 aromatic heterocycles. The van der Waals surface area contributed by atoms with Gasteiger partial charge < -0.3 is 0 Å². The molecular weight excluding hydrogens is 641 g/mol. The summed E-state index contributed by atoms with van der Waals surface area (Å²) in [6.07, 6.45) is 0. The summed E-state index contributed by atoms with van der Waals surface area (Å²) in [5.41, 5.74) is 9.96. The maximum Gasteiger partial charge on any atom is 0.164 e. The Bertz CT molecular complexity index is 2750. The topological polar surface area (TPSA) is 62.5 Å². The van der Waals surface area contributed by atoms with Crippen LogP contribution in [0.4, 0.5) is 0 Å². The second-order valence-corrected chi connectivity index (χ2v) is 13.4. The molecule has 0 fully saturated rings. The highest BCUT2D eigenvalue weighted by Crippen LogP contribution is 2.42. The van der Waals surface area contributed by atoms with Crippen LogP contribution in [0, 0.1) is 11.3 Å². The minimum absolute atomic E-state index is 0.577. The number of nitriles is 1. The lowest BCUT2D eigenvalue weighted by Gasteiger charge is -2.10. The van der Waals surface area contributed by atoms with Crippen LogP contribution in [0.5, 0.6) is 0 Å². The molecule has 0 atom stereocenters. The van der Waals surface area contributed by atoms with Crippen LogP contribution in [0.2, 0.25) is 0 Å². The Morgan fingerprint density at radius 2 is 0.922 bits per heavy atom. The molecule has 0 radical (unpaired) electrons. The van der Waals surface area contributed by atoms with Crippen molar-refractivity contribution in [1.29, 1.82) is 5.26 Å². The van der Waals surface area contributed by atoms with E-state index in [1.54, 1.807) is 11.3 Å². The van der Waals surface area contributed by atoms with E-state index < -0.39 is 0 Å². The van der Waals surface area contributed by atoms with Gasteiger partial charge in [0.05, 0.1) is 11.6 Å². The van der Waals surface area contributed by atoms with E-state index >= 15 is 0 Å². The first-order valence-electron chi connectivity index (χ1n) is 16.7. The number of aromatic nitrogens is 3. The van der Waals surface area contributed by atoms with Crippen molar-refractivity contribution in [2.75, 3.05) is 0 Å². The van der Waals surface area contributed by atoms with Gasteiger partial charge in [0, 0.05) is 36.9 Å². The van der Waals surface area contributed by atoms with Gasteiger partial charge >= 0.3 is 0 Å². The fraction of sp³-hybridized carbons (Fsp3) is 0. The molecule has 0 spiro atoms. The van der Waals surface area contributed by atoms with Crippen molar-refractivity contribution in [3.63, 3.8) is 0 Å². The van der Waals surface area contributed by atoms with Gasteiger partial charge in [-0.05, 0) is 57.6 Å². The van der Waals surface area contributed by atoms with Crippen molar-refractivity contribution < 1.29 is 0 Å². The van der Waals surface area contributed by atoms with Gasteiger partial charge in [-0.1, -0.05) is 146 Å². The number of hydrogen-bond acceptors (Lipinski definition) is 5. The highest BCUT2D eigenvalue weighted by atomic mass is 32.1. The van der Waals surface area contributed by atoms with Crippen molar-refractivity contribution in [1.82, 2.24) is 15.0 Å². The Kier molecular flexibility index (Phi) is 7.70. The summed E-state index contributed by atoms with van der Waals surface area (Å²) in [5.74, 6) is 1.79. The summed E-state index contributed by atoms with van der Waals surface area (Å²) in [6, 6.07) is 60.5. The predicted octanol–water partition coefficient (Wildman–Crippen LogP) is 12.1. The molecule has 0 saturated heterocycles. The van der Waals surface area contributed by atoms with Crippen LogP contribution in [-0.4, -0.2) is 15.0 Å². The Morgan fingerprint density at radius 3 is 1.67 bits per heavy atom. The average Bonchev–Trinajstić information content (AvgIpc) is 3.60. The van der Waals surface area contributed by atoms with Gasteiger partial charge in [0.2, 0.25) is 0 Å². The third-order valence-electron chi connectivity index (χ3n) is 9.21. The normalized spacial score (nSPS) is 11.1. The molecule has 0 aliphatic rings. The fourth-order valence-electron chi connectivity index (χ4n) is 6.69. The average molecular weight is 669 g/mol. The number of thiophene rings is 1. The van der Waals surface area contributed by atoms with Crippen LogP contribution in [0.3, 0.4) is 0 Å². The molecule has 7 aromatic carbocycles. The van der Waals surface area contributed by atoms with E-state index in [1.165, 1.54) is 42.4 Å². The van der Waals surface area contributed by atoms with Gasteiger partial charge in [-0.25, -0.2) is 15.0 Å². The second-order valence-electron chi connectivity index (χ2n) is 12.3. The number of benzene rings is 7. The lowest BCUT2D eigenvalue weighted by atomic mass is 9.96. The first-order chi connectivity index (χ1) is 25.2. The fourth-order valence-corrected chi connectivity index (χ4v) is 7.86. The summed E-state index contributed by atoms with van der Waals surface area (Å²) in [6.45, 7) is 0. The molecule has 9 aromatic rings. The van der Waals surface area contributed by atoms with Crippen molar-refractivity contribution in [3.8, 4) is 73.6 Å². The Morgan fingerprint density at radius 1 is 0.392 bits per heavy atom. The molecular formula is C46H28N4S. The first-order valence-corrected chi connectivity index (χ1v) is 17.6. The zero-order chi connectivity index (χ0) is 34.1. The van der Waals surface area contributed by atoms with Crippen LogP contribution < -0.4 is 0 Å². The molecule has 0 amide bonds. The largest absolute Gasteiger partial charge is 0.208 e. The van der Waals surface area contributed by atoms with E-state index in [0.717, 1.165) is 27.8 Å². The minimum Gasteiger partial charge on any atom is -0.208 e. The molecule has 51 heavy (non-hydrogen) atoms. The van der Waals surface area contributed by atoms with Crippen LogP contribution in [0.25, 0.3) is 87.7 Å². The van der Waals surface area contributed by atoms with Crippen LogP contribution in [-0.2, 0) is 0 Å². The van der Waals surface area contributed by atoms with E-state index in [1.807, 2.05) is 84.9 Å². The lowest BCUT2D eigenvalue weighted by molar-refractivity contribution is 1.07. The number of hydrogen-bond donors (Lipinski definition) is 0. The molecule has 4 nitrogen and oxygen atoms in total. The molecule has 238 valence electrons. The Balaban J connectivity index is 1.15. The zero-order valence-corrected chi connectivity index (χ0v) is 28.2. The van der Waals surface area contributed by atoms with E-state index in [4.69, 9.17) is 15.0 Å². The Labute approximate surface area is 299 Å². The second kappa shape index (κ2) is 12.9. The van der Waals surface area contributed by atoms with E-state index in [9.17, 15) is 5.26 Å². The molecule has 0 N–H and O–H groups in total. The quantitative estimate of drug-likeness (QED) is 0.177. The summed E-state index contributed by atoms with van der Waals surface area (Å²) in [4.78, 5) is 15.0. The number of rotatable bonds is 6. The monoisotopic (exact) mass is 668 g/mol. The van der Waals surface area contributed by atoms with Crippen LogP contribution >= 0.6 is 11.3 Å². The minimum atomic E-state index is 0.577. The smallest absolute Gasteiger partial charge is 0.164 e. The lowest BCUT2D eigenvalue weighted by Crippen LogP contribution is -2.00. The van der Waals surface area contributed by atoms with Crippen LogP contribution in [0.1, 0.15) is 5.56 Å². The molecule has 0 unspecified atom stereocenters. The molecule has 0 saturated carbocycles. The van der Waals surface area contributed by atoms with Gasteiger partial charge in [-0.3, -0.25) is 0 Å². The Hall–Kier alpha value is -6.74. The predicted molar refractivity (Wildman–Crippen MR) is 210 cm³/mol. The third-order valence-corrected chi connectivity index (χ3v) is 10.3. The van der Waals surface area contributed by atoms with Crippen molar-refractivity contribution in [3.05, 3.63) is 175 Å². The van der Waals surface area contributed by atoms with Crippen LogP contribution in [0.15, 0.2) is 170 Å². The SMILES string of the molecule is N#Cc1ccccc1-c1cccc(-c2nc(-c3ccccc3)nc(-c3ccc4c(c3)sc3cccc(-c5ccc(-c6ccccc6)cc5)c34)n2)c1. The van der Waals surface area contributed by atoms with Crippen molar-refractivity contribution >= 4 is 31.5 Å². The van der Waals surface area contributed by atoms with E-state index in [2.05, 4.69) is 91.0 Å². The highest BCUT2D eigenvalue weighted by molar-refractivity contribution is 7.26. The van der Waals surface area contributed by atoms with Gasteiger partial charge in [-0.15, -0.1) is 11.3 Å². The van der Waals surface area contributed by atoms with E-state index in [0.29, 0.717) is 23.0 Å².